The van der Waals surface area contributed by atoms with E-state index in [1.807, 2.05) is 12.1 Å². The second kappa shape index (κ2) is 5.26. The van der Waals surface area contributed by atoms with Gasteiger partial charge in [-0.15, -0.1) is 0 Å². The number of rotatable bonds is 2. The summed E-state index contributed by atoms with van der Waals surface area (Å²) in [6.07, 6.45) is 0. The minimum atomic E-state index is 0.0782. The molecule has 1 heterocycles. The minimum absolute atomic E-state index is 0.0782. The monoisotopic (exact) mass is 350 g/mol. The molecular formula is C14H8BrClN2O2. The summed E-state index contributed by atoms with van der Waals surface area (Å²) < 4.78 is 6.01. The standard InChI is InChI=1S/C14H8BrClN2O2/c15-9-4-5-12(19)11(7-9)14-17-13(18-20-14)8-2-1-3-10(16)6-8/h1-7,19H. The normalized spacial score (nSPS) is 10.7. The molecule has 0 aliphatic rings. The summed E-state index contributed by atoms with van der Waals surface area (Å²) in [7, 11) is 0. The average molecular weight is 352 g/mol. The third kappa shape index (κ3) is 2.55. The van der Waals surface area contributed by atoms with Gasteiger partial charge in [0, 0.05) is 15.1 Å². The van der Waals surface area contributed by atoms with Crippen molar-refractivity contribution in [3.05, 3.63) is 52.0 Å². The molecule has 0 saturated heterocycles. The van der Waals surface area contributed by atoms with E-state index in [0.29, 0.717) is 16.4 Å². The van der Waals surface area contributed by atoms with Gasteiger partial charge in [-0.05, 0) is 30.3 Å². The first-order valence-electron chi connectivity index (χ1n) is 5.72. The topological polar surface area (TPSA) is 59.2 Å². The molecule has 0 fully saturated rings. The number of phenols is 1. The Balaban J connectivity index is 2.04. The summed E-state index contributed by atoms with van der Waals surface area (Å²) in [5.74, 6) is 0.746. The second-order valence-electron chi connectivity index (χ2n) is 4.09. The molecular weight excluding hydrogens is 344 g/mol. The molecule has 0 aliphatic carbocycles. The first-order valence-corrected chi connectivity index (χ1v) is 6.89. The molecule has 4 nitrogen and oxygen atoms in total. The fraction of sp³-hybridized carbons (Fsp3) is 0. The zero-order valence-corrected chi connectivity index (χ0v) is 12.4. The Morgan fingerprint density at radius 3 is 2.80 bits per heavy atom. The number of benzene rings is 2. The van der Waals surface area contributed by atoms with E-state index in [0.717, 1.165) is 10.0 Å². The van der Waals surface area contributed by atoms with Gasteiger partial charge in [0.1, 0.15) is 5.75 Å². The van der Waals surface area contributed by atoms with Crippen LogP contribution in [0.25, 0.3) is 22.8 Å². The number of phenolic OH excluding ortho intramolecular Hbond substituents is 1. The number of hydrogen-bond donors (Lipinski definition) is 1. The third-order valence-electron chi connectivity index (χ3n) is 2.70. The quantitative estimate of drug-likeness (QED) is 0.737. The van der Waals surface area contributed by atoms with Crippen LogP contribution >= 0.6 is 27.5 Å². The van der Waals surface area contributed by atoms with E-state index in [-0.39, 0.29) is 11.6 Å². The molecule has 0 spiro atoms. The first-order chi connectivity index (χ1) is 9.63. The Bertz CT molecular complexity index is 773. The molecule has 0 radical (unpaired) electrons. The zero-order valence-electron chi connectivity index (χ0n) is 10.0. The SMILES string of the molecule is Oc1ccc(Br)cc1-c1nc(-c2cccc(Cl)c2)no1. The van der Waals surface area contributed by atoms with Crippen molar-refractivity contribution in [2.24, 2.45) is 0 Å². The van der Waals surface area contributed by atoms with Gasteiger partial charge in [0.25, 0.3) is 5.89 Å². The van der Waals surface area contributed by atoms with E-state index in [9.17, 15) is 5.11 Å². The van der Waals surface area contributed by atoms with Crippen LogP contribution in [0.3, 0.4) is 0 Å². The van der Waals surface area contributed by atoms with Crippen LogP contribution in [-0.4, -0.2) is 15.2 Å². The Kier molecular flexibility index (Phi) is 3.46. The summed E-state index contributed by atoms with van der Waals surface area (Å²) in [5.41, 5.74) is 1.22. The van der Waals surface area contributed by atoms with Crippen LogP contribution < -0.4 is 0 Å². The molecule has 1 N–H and O–H groups in total. The van der Waals surface area contributed by atoms with Gasteiger partial charge in [0.05, 0.1) is 5.56 Å². The highest BCUT2D eigenvalue weighted by atomic mass is 79.9. The fourth-order valence-electron chi connectivity index (χ4n) is 1.76. The molecule has 3 rings (SSSR count). The minimum Gasteiger partial charge on any atom is -0.507 e. The number of aromatic hydroxyl groups is 1. The lowest BCUT2D eigenvalue weighted by Gasteiger charge is -1.99. The predicted molar refractivity (Wildman–Crippen MR) is 79.5 cm³/mol. The first kappa shape index (κ1) is 13.1. The van der Waals surface area contributed by atoms with Gasteiger partial charge in [-0.25, -0.2) is 0 Å². The van der Waals surface area contributed by atoms with Crippen LogP contribution in [0.15, 0.2) is 51.5 Å². The maximum Gasteiger partial charge on any atom is 0.262 e. The van der Waals surface area contributed by atoms with Crippen LogP contribution in [0.4, 0.5) is 0 Å². The van der Waals surface area contributed by atoms with Crippen molar-refractivity contribution in [3.8, 4) is 28.6 Å². The Hall–Kier alpha value is -1.85. The summed E-state index contributed by atoms with van der Waals surface area (Å²) >= 11 is 9.27. The molecule has 0 atom stereocenters. The van der Waals surface area contributed by atoms with Crippen LogP contribution in [0.5, 0.6) is 5.75 Å². The van der Waals surface area contributed by atoms with E-state index in [1.165, 1.54) is 0 Å². The maximum absolute atomic E-state index is 9.84. The maximum atomic E-state index is 9.84. The molecule has 0 saturated carbocycles. The molecule has 0 amide bonds. The van der Waals surface area contributed by atoms with Gasteiger partial charge in [-0.2, -0.15) is 4.98 Å². The van der Waals surface area contributed by atoms with Crippen molar-refractivity contribution in [1.29, 1.82) is 0 Å². The molecule has 0 bridgehead atoms. The Labute approximate surface area is 128 Å². The van der Waals surface area contributed by atoms with E-state index in [4.69, 9.17) is 16.1 Å². The summed E-state index contributed by atoms with van der Waals surface area (Å²) in [5, 5.41) is 14.3. The Morgan fingerprint density at radius 1 is 1.15 bits per heavy atom. The van der Waals surface area contributed by atoms with Gasteiger partial charge in [0.2, 0.25) is 5.82 Å². The third-order valence-corrected chi connectivity index (χ3v) is 3.43. The highest BCUT2D eigenvalue weighted by molar-refractivity contribution is 9.10. The summed E-state index contributed by atoms with van der Waals surface area (Å²) in [6.45, 7) is 0. The van der Waals surface area contributed by atoms with Gasteiger partial charge in [0.15, 0.2) is 0 Å². The lowest BCUT2D eigenvalue weighted by Crippen LogP contribution is -1.82. The summed E-state index contributed by atoms with van der Waals surface area (Å²) in [4.78, 5) is 4.28. The second-order valence-corrected chi connectivity index (χ2v) is 5.45. The smallest absolute Gasteiger partial charge is 0.262 e. The molecule has 20 heavy (non-hydrogen) atoms. The van der Waals surface area contributed by atoms with Crippen molar-refractivity contribution in [3.63, 3.8) is 0 Å². The fourth-order valence-corrected chi connectivity index (χ4v) is 2.31. The van der Waals surface area contributed by atoms with Crippen molar-refractivity contribution < 1.29 is 9.63 Å². The summed E-state index contributed by atoms with van der Waals surface area (Å²) in [6, 6.07) is 12.2. The van der Waals surface area contributed by atoms with Crippen molar-refractivity contribution in [2.45, 2.75) is 0 Å². The van der Waals surface area contributed by atoms with Gasteiger partial charge in [-0.1, -0.05) is 44.8 Å². The van der Waals surface area contributed by atoms with Crippen molar-refractivity contribution in [1.82, 2.24) is 10.1 Å². The van der Waals surface area contributed by atoms with E-state index < -0.39 is 0 Å². The van der Waals surface area contributed by atoms with Crippen LogP contribution in [-0.2, 0) is 0 Å². The van der Waals surface area contributed by atoms with Gasteiger partial charge in [-0.3, -0.25) is 0 Å². The highest BCUT2D eigenvalue weighted by Crippen LogP contribution is 2.32. The van der Waals surface area contributed by atoms with Crippen LogP contribution in [0, 0.1) is 0 Å². The number of hydrogen-bond acceptors (Lipinski definition) is 4. The van der Waals surface area contributed by atoms with E-state index >= 15 is 0 Å². The molecule has 0 unspecified atom stereocenters. The lowest BCUT2D eigenvalue weighted by atomic mass is 10.2. The van der Waals surface area contributed by atoms with Crippen molar-refractivity contribution >= 4 is 27.5 Å². The average Bonchev–Trinajstić information content (AvgIpc) is 2.91. The molecule has 1 aromatic heterocycles. The lowest BCUT2D eigenvalue weighted by molar-refractivity contribution is 0.425. The molecule has 2 aromatic carbocycles. The number of nitrogens with zero attached hydrogens (tertiary/aromatic N) is 2. The van der Waals surface area contributed by atoms with Crippen LogP contribution in [0.1, 0.15) is 0 Å². The number of aromatic nitrogens is 2. The van der Waals surface area contributed by atoms with E-state index in [1.54, 1.807) is 30.3 Å². The van der Waals surface area contributed by atoms with Crippen molar-refractivity contribution in [2.75, 3.05) is 0 Å². The molecule has 0 aliphatic heterocycles. The predicted octanol–water partition coefficient (Wildman–Crippen LogP) is 4.53. The number of halogens is 2. The van der Waals surface area contributed by atoms with E-state index in [2.05, 4.69) is 26.1 Å². The highest BCUT2D eigenvalue weighted by Gasteiger charge is 2.14. The zero-order chi connectivity index (χ0) is 14.1. The van der Waals surface area contributed by atoms with Gasteiger partial charge >= 0.3 is 0 Å². The molecule has 6 heteroatoms. The van der Waals surface area contributed by atoms with Crippen LogP contribution in [0.2, 0.25) is 5.02 Å². The Morgan fingerprint density at radius 2 is 2.00 bits per heavy atom. The molecule has 3 aromatic rings. The molecule has 100 valence electrons. The largest absolute Gasteiger partial charge is 0.507 e. The van der Waals surface area contributed by atoms with Gasteiger partial charge < -0.3 is 9.63 Å².